The predicted octanol–water partition coefficient (Wildman–Crippen LogP) is 1.91. The van der Waals surface area contributed by atoms with Gasteiger partial charge in [-0.15, -0.1) is 0 Å². The van der Waals surface area contributed by atoms with Crippen LogP contribution in [0.25, 0.3) is 0 Å². The Hall–Kier alpha value is -1.18. The number of hydrogen-bond donors (Lipinski definition) is 2. The van der Waals surface area contributed by atoms with Crippen molar-refractivity contribution in [1.82, 2.24) is 9.97 Å². The molecule has 0 fully saturated rings. The Morgan fingerprint density at radius 3 is 2.73 bits per heavy atom. The van der Waals surface area contributed by atoms with Crippen molar-refractivity contribution in [3.05, 3.63) is 12.4 Å². The first kappa shape index (κ1) is 11.9. The van der Waals surface area contributed by atoms with E-state index in [0.717, 1.165) is 0 Å². The molecule has 0 saturated heterocycles. The van der Waals surface area contributed by atoms with Crippen LogP contribution in [-0.2, 0) is 4.79 Å². The van der Waals surface area contributed by atoms with Gasteiger partial charge in [0.15, 0.2) is 5.16 Å². The van der Waals surface area contributed by atoms with Crippen LogP contribution < -0.4 is 0 Å². The van der Waals surface area contributed by atoms with Crippen molar-refractivity contribution < 1.29 is 23.1 Å². The van der Waals surface area contributed by atoms with E-state index in [-0.39, 0.29) is 5.16 Å². The third-order valence-corrected chi connectivity index (χ3v) is 2.62. The molecule has 1 rings (SSSR count). The minimum atomic E-state index is -4.56. The molecular formula is C7H7F3N2O2S. The van der Waals surface area contributed by atoms with Crippen molar-refractivity contribution in [3.8, 4) is 0 Å². The Labute approximate surface area is 86.9 Å². The van der Waals surface area contributed by atoms with E-state index >= 15 is 0 Å². The zero-order chi connectivity index (χ0) is 11.5. The number of imidazole rings is 1. The van der Waals surface area contributed by atoms with Crippen molar-refractivity contribution in [2.75, 3.05) is 0 Å². The molecule has 0 saturated carbocycles. The Balaban J connectivity index is 2.69. The van der Waals surface area contributed by atoms with Crippen LogP contribution in [0.15, 0.2) is 17.6 Å². The van der Waals surface area contributed by atoms with Crippen LogP contribution in [-0.4, -0.2) is 32.5 Å². The maximum atomic E-state index is 12.3. The zero-order valence-electron chi connectivity index (χ0n) is 7.28. The first-order chi connectivity index (χ1) is 6.89. The summed E-state index contributed by atoms with van der Waals surface area (Å²) in [6, 6.07) is 0. The van der Waals surface area contributed by atoms with Gasteiger partial charge in [0.2, 0.25) is 0 Å². The SMILES string of the molecule is O=C(O)CC(Sc1ncc[nH]1)C(F)(F)F. The number of hydrogen-bond acceptors (Lipinski definition) is 3. The van der Waals surface area contributed by atoms with Gasteiger partial charge in [-0.05, 0) is 0 Å². The molecule has 8 heteroatoms. The second-order valence-corrected chi connectivity index (χ2v) is 3.83. The van der Waals surface area contributed by atoms with Crippen LogP contribution in [0.4, 0.5) is 13.2 Å². The second kappa shape index (κ2) is 4.56. The number of aromatic nitrogens is 2. The Bertz CT molecular complexity index is 325. The van der Waals surface area contributed by atoms with Gasteiger partial charge in [-0.1, -0.05) is 11.8 Å². The van der Waals surface area contributed by atoms with Crippen molar-refractivity contribution in [3.63, 3.8) is 0 Å². The van der Waals surface area contributed by atoms with Crippen molar-refractivity contribution in [2.45, 2.75) is 23.0 Å². The standard InChI is InChI=1S/C7H7F3N2O2S/c8-7(9,10)4(3-5(13)14)15-6-11-1-2-12-6/h1-2,4H,3H2,(H,11,12)(H,13,14). The smallest absolute Gasteiger partial charge is 0.401 e. The third-order valence-electron chi connectivity index (χ3n) is 1.45. The van der Waals surface area contributed by atoms with E-state index in [0.29, 0.717) is 11.8 Å². The topological polar surface area (TPSA) is 66.0 Å². The number of aliphatic carboxylic acids is 1. The van der Waals surface area contributed by atoms with Gasteiger partial charge in [-0.2, -0.15) is 13.2 Å². The van der Waals surface area contributed by atoms with Crippen LogP contribution in [0, 0.1) is 0 Å². The Kier molecular flexibility index (Phi) is 3.61. The van der Waals surface area contributed by atoms with Crippen LogP contribution in [0.5, 0.6) is 0 Å². The fourth-order valence-corrected chi connectivity index (χ4v) is 1.72. The molecular weight excluding hydrogens is 233 g/mol. The summed E-state index contributed by atoms with van der Waals surface area (Å²) in [5.74, 6) is -1.49. The molecule has 1 atom stereocenters. The monoisotopic (exact) mass is 240 g/mol. The molecule has 1 heterocycles. The molecule has 0 aliphatic rings. The number of nitrogens with zero attached hydrogens (tertiary/aromatic N) is 1. The average molecular weight is 240 g/mol. The van der Waals surface area contributed by atoms with Gasteiger partial charge in [0, 0.05) is 12.4 Å². The third kappa shape index (κ3) is 3.82. The van der Waals surface area contributed by atoms with Gasteiger partial charge in [0.25, 0.3) is 0 Å². The molecule has 1 aromatic heterocycles. The van der Waals surface area contributed by atoms with E-state index in [1.807, 2.05) is 0 Å². The highest BCUT2D eigenvalue weighted by atomic mass is 32.2. The predicted molar refractivity (Wildman–Crippen MR) is 46.5 cm³/mol. The van der Waals surface area contributed by atoms with Gasteiger partial charge < -0.3 is 10.1 Å². The summed E-state index contributed by atoms with van der Waals surface area (Å²) in [5, 5.41) is 6.40. The maximum Gasteiger partial charge on any atom is 0.401 e. The number of thioether (sulfide) groups is 1. The second-order valence-electron chi connectivity index (χ2n) is 2.64. The molecule has 4 nitrogen and oxygen atoms in total. The fraction of sp³-hybridized carbons (Fsp3) is 0.429. The summed E-state index contributed by atoms with van der Waals surface area (Å²) in [6.07, 6.45) is -2.86. The van der Waals surface area contributed by atoms with E-state index in [4.69, 9.17) is 5.11 Å². The molecule has 1 unspecified atom stereocenters. The van der Waals surface area contributed by atoms with Gasteiger partial charge in [-0.25, -0.2) is 4.98 Å². The molecule has 2 N–H and O–H groups in total. The lowest BCUT2D eigenvalue weighted by Crippen LogP contribution is -2.28. The van der Waals surface area contributed by atoms with Gasteiger partial charge in [0.05, 0.1) is 6.42 Å². The molecule has 0 aliphatic heterocycles. The molecule has 0 spiro atoms. The highest BCUT2D eigenvalue weighted by Gasteiger charge is 2.42. The summed E-state index contributed by atoms with van der Waals surface area (Å²) >= 11 is 0.358. The number of carboxylic acid groups (broad SMARTS) is 1. The van der Waals surface area contributed by atoms with Crippen LogP contribution in [0.1, 0.15) is 6.42 Å². The fourth-order valence-electron chi connectivity index (χ4n) is 0.833. The number of alkyl halides is 3. The number of H-pyrrole nitrogens is 1. The summed E-state index contributed by atoms with van der Waals surface area (Å²) in [6.45, 7) is 0. The number of rotatable bonds is 4. The summed E-state index contributed by atoms with van der Waals surface area (Å²) in [7, 11) is 0. The molecule has 0 aromatic carbocycles. The van der Waals surface area contributed by atoms with E-state index < -0.39 is 23.8 Å². The van der Waals surface area contributed by atoms with E-state index in [1.54, 1.807) is 0 Å². The Morgan fingerprint density at radius 1 is 1.67 bits per heavy atom. The highest BCUT2D eigenvalue weighted by Crippen LogP contribution is 2.35. The normalized spacial score (nSPS) is 13.8. The van der Waals surface area contributed by atoms with Gasteiger partial charge >= 0.3 is 12.1 Å². The lowest BCUT2D eigenvalue weighted by molar-refractivity contribution is -0.149. The summed E-state index contributed by atoms with van der Waals surface area (Å²) in [5.41, 5.74) is 0. The lowest BCUT2D eigenvalue weighted by Gasteiger charge is -2.16. The van der Waals surface area contributed by atoms with E-state index in [9.17, 15) is 18.0 Å². The van der Waals surface area contributed by atoms with Crippen molar-refractivity contribution in [1.29, 1.82) is 0 Å². The zero-order valence-corrected chi connectivity index (χ0v) is 8.10. The lowest BCUT2D eigenvalue weighted by atomic mass is 10.3. The van der Waals surface area contributed by atoms with Gasteiger partial charge in [0.1, 0.15) is 5.25 Å². The first-order valence-electron chi connectivity index (χ1n) is 3.84. The first-order valence-corrected chi connectivity index (χ1v) is 4.72. The minimum Gasteiger partial charge on any atom is -0.481 e. The molecule has 84 valence electrons. The number of carboxylic acids is 1. The molecule has 0 bridgehead atoms. The van der Waals surface area contributed by atoms with Crippen molar-refractivity contribution >= 4 is 17.7 Å². The summed E-state index contributed by atoms with van der Waals surface area (Å²) < 4.78 is 37.0. The number of halogens is 3. The summed E-state index contributed by atoms with van der Waals surface area (Å²) in [4.78, 5) is 16.3. The largest absolute Gasteiger partial charge is 0.481 e. The van der Waals surface area contributed by atoms with E-state index in [2.05, 4.69) is 9.97 Å². The molecule has 0 amide bonds. The number of carbonyl (C=O) groups is 1. The quantitative estimate of drug-likeness (QED) is 0.789. The van der Waals surface area contributed by atoms with Crippen LogP contribution >= 0.6 is 11.8 Å². The minimum absolute atomic E-state index is 0.0542. The number of nitrogens with one attached hydrogen (secondary N) is 1. The average Bonchev–Trinajstić information content (AvgIpc) is 2.53. The molecule has 1 aromatic rings. The van der Waals surface area contributed by atoms with E-state index in [1.165, 1.54) is 12.4 Å². The van der Waals surface area contributed by atoms with Gasteiger partial charge in [-0.3, -0.25) is 4.79 Å². The number of aromatic amines is 1. The molecule has 0 radical (unpaired) electrons. The highest BCUT2D eigenvalue weighted by molar-refractivity contribution is 7.99. The maximum absolute atomic E-state index is 12.3. The van der Waals surface area contributed by atoms with Crippen molar-refractivity contribution in [2.24, 2.45) is 0 Å². The Morgan fingerprint density at radius 2 is 2.33 bits per heavy atom. The van der Waals surface area contributed by atoms with Crippen LogP contribution in [0.3, 0.4) is 0 Å². The molecule has 0 aliphatic carbocycles. The molecule has 15 heavy (non-hydrogen) atoms. The van der Waals surface area contributed by atoms with Crippen LogP contribution in [0.2, 0.25) is 0 Å².